The van der Waals surface area contributed by atoms with Crippen molar-refractivity contribution in [3.63, 3.8) is 0 Å². The number of aryl methyl sites for hydroxylation is 1. The second kappa shape index (κ2) is 8.13. The van der Waals surface area contributed by atoms with Crippen LogP contribution in [0.15, 0.2) is 6.07 Å². The first-order chi connectivity index (χ1) is 11.1. The summed E-state index contributed by atoms with van der Waals surface area (Å²) in [6, 6.07) is 1.84. The maximum Gasteiger partial charge on any atom is 0.274 e. The van der Waals surface area contributed by atoms with E-state index in [4.69, 9.17) is 0 Å². The van der Waals surface area contributed by atoms with Crippen LogP contribution in [0.3, 0.4) is 0 Å². The lowest BCUT2D eigenvalue weighted by Crippen LogP contribution is -2.35. The van der Waals surface area contributed by atoms with Gasteiger partial charge in [-0.2, -0.15) is 5.10 Å². The molecule has 1 fully saturated rings. The van der Waals surface area contributed by atoms with Crippen LogP contribution in [0, 0.1) is 0 Å². The fraction of sp³-hybridized carbons (Fsp3) is 0.706. The van der Waals surface area contributed by atoms with Gasteiger partial charge in [-0.15, -0.1) is 0 Å². The minimum absolute atomic E-state index is 0.126. The molecule has 1 aromatic heterocycles. The van der Waals surface area contributed by atoms with Crippen LogP contribution in [-0.2, 0) is 7.05 Å². The summed E-state index contributed by atoms with van der Waals surface area (Å²) in [5.41, 5.74) is 0.784. The van der Waals surface area contributed by atoms with Crippen LogP contribution in [0.4, 0.5) is 0 Å². The predicted molar refractivity (Wildman–Crippen MR) is 89.4 cm³/mol. The second-order valence-electron chi connectivity index (χ2n) is 6.18. The summed E-state index contributed by atoms with van der Waals surface area (Å²) in [5, 5.41) is 7.33. The van der Waals surface area contributed by atoms with Crippen molar-refractivity contribution in [2.24, 2.45) is 7.05 Å². The van der Waals surface area contributed by atoms with Gasteiger partial charge in [-0.05, 0) is 26.7 Å². The molecule has 1 aliphatic carbocycles. The fourth-order valence-electron chi connectivity index (χ4n) is 3.14. The Morgan fingerprint density at radius 3 is 2.39 bits per heavy atom. The number of carbonyl (C=O) groups is 2. The van der Waals surface area contributed by atoms with Gasteiger partial charge in [-0.1, -0.05) is 25.7 Å². The summed E-state index contributed by atoms with van der Waals surface area (Å²) in [6.45, 7) is 5.14. The Labute approximate surface area is 138 Å². The fourth-order valence-corrected chi connectivity index (χ4v) is 3.14. The molecule has 1 N–H and O–H groups in total. The Bertz CT molecular complexity index is 541. The molecule has 1 heterocycles. The minimum Gasteiger partial charge on any atom is -0.348 e. The van der Waals surface area contributed by atoms with E-state index in [1.165, 1.54) is 30.4 Å². The van der Waals surface area contributed by atoms with Gasteiger partial charge in [-0.3, -0.25) is 14.3 Å². The standard InChI is InChI=1S/C17H28N4O2/c1-4-21(5-2)17(23)14-12-15(20(3)19-14)16(22)18-13-10-8-6-7-9-11-13/h12-13H,4-11H2,1-3H3,(H,18,22). The first-order valence-electron chi connectivity index (χ1n) is 8.71. The molecule has 128 valence electrons. The Balaban J connectivity index is 2.07. The van der Waals surface area contributed by atoms with E-state index in [2.05, 4.69) is 10.4 Å². The van der Waals surface area contributed by atoms with Crippen molar-refractivity contribution in [2.45, 2.75) is 58.4 Å². The van der Waals surface area contributed by atoms with Gasteiger partial charge < -0.3 is 10.2 Å². The molecule has 0 radical (unpaired) electrons. The summed E-state index contributed by atoms with van der Waals surface area (Å²) in [6.07, 6.45) is 6.91. The predicted octanol–water partition coefficient (Wildman–Crippen LogP) is 2.35. The molecule has 2 rings (SSSR count). The summed E-state index contributed by atoms with van der Waals surface area (Å²) in [4.78, 5) is 26.5. The number of amides is 2. The SMILES string of the molecule is CCN(CC)C(=O)c1cc(C(=O)NC2CCCCCC2)n(C)n1. The van der Waals surface area contributed by atoms with E-state index in [9.17, 15) is 9.59 Å². The average Bonchev–Trinajstić information content (AvgIpc) is 2.75. The van der Waals surface area contributed by atoms with Crippen molar-refractivity contribution in [1.82, 2.24) is 20.0 Å². The van der Waals surface area contributed by atoms with E-state index in [0.717, 1.165) is 12.8 Å². The van der Waals surface area contributed by atoms with Crippen molar-refractivity contribution in [3.8, 4) is 0 Å². The Hall–Kier alpha value is -1.85. The van der Waals surface area contributed by atoms with Gasteiger partial charge in [0.05, 0.1) is 0 Å². The van der Waals surface area contributed by atoms with Crippen molar-refractivity contribution in [2.75, 3.05) is 13.1 Å². The molecular weight excluding hydrogens is 292 g/mol. The first-order valence-corrected chi connectivity index (χ1v) is 8.71. The normalized spacial score (nSPS) is 16.0. The summed E-state index contributed by atoms with van der Waals surface area (Å²) in [7, 11) is 1.71. The second-order valence-corrected chi connectivity index (χ2v) is 6.18. The van der Waals surface area contributed by atoms with Crippen LogP contribution in [0.1, 0.15) is 73.3 Å². The highest BCUT2D eigenvalue weighted by molar-refractivity contribution is 5.98. The molecule has 0 bridgehead atoms. The van der Waals surface area contributed by atoms with Gasteiger partial charge in [0.2, 0.25) is 0 Å². The molecule has 1 aliphatic rings. The lowest BCUT2D eigenvalue weighted by atomic mass is 10.1. The number of carbonyl (C=O) groups excluding carboxylic acids is 2. The largest absolute Gasteiger partial charge is 0.348 e. The van der Waals surface area contributed by atoms with Crippen LogP contribution in [0.2, 0.25) is 0 Å². The highest BCUT2D eigenvalue weighted by atomic mass is 16.2. The van der Waals surface area contributed by atoms with Gasteiger partial charge in [0.25, 0.3) is 11.8 Å². The zero-order valence-electron chi connectivity index (χ0n) is 14.5. The molecule has 0 aliphatic heterocycles. The maximum absolute atomic E-state index is 12.5. The summed E-state index contributed by atoms with van der Waals surface area (Å²) in [5.74, 6) is -0.260. The van der Waals surface area contributed by atoms with Crippen LogP contribution in [0.5, 0.6) is 0 Å². The van der Waals surface area contributed by atoms with Crippen molar-refractivity contribution in [1.29, 1.82) is 0 Å². The number of rotatable bonds is 5. The molecule has 0 spiro atoms. The average molecular weight is 320 g/mol. The number of nitrogens with zero attached hydrogens (tertiary/aromatic N) is 3. The molecule has 1 saturated carbocycles. The van der Waals surface area contributed by atoms with Crippen LogP contribution in [-0.4, -0.2) is 45.6 Å². The van der Waals surface area contributed by atoms with E-state index in [-0.39, 0.29) is 17.9 Å². The lowest BCUT2D eigenvalue weighted by Gasteiger charge is -2.16. The molecule has 0 atom stereocenters. The van der Waals surface area contributed by atoms with Gasteiger partial charge >= 0.3 is 0 Å². The van der Waals surface area contributed by atoms with Crippen LogP contribution in [0.25, 0.3) is 0 Å². The van der Waals surface area contributed by atoms with E-state index in [1.807, 2.05) is 13.8 Å². The quantitative estimate of drug-likeness (QED) is 0.847. The zero-order chi connectivity index (χ0) is 16.8. The minimum atomic E-state index is -0.134. The lowest BCUT2D eigenvalue weighted by molar-refractivity contribution is 0.0766. The van der Waals surface area contributed by atoms with Crippen molar-refractivity contribution < 1.29 is 9.59 Å². The molecular formula is C17H28N4O2. The van der Waals surface area contributed by atoms with E-state index in [0.29, 0.717) is 24.5 Å². The van der Waals surface area contributed by atoms with Crippen LogP contribution < -0.4 is 5.32 Å². The monoisotopic (exact) mass is 320 g/mol. The summed E-state index contributed by atoms with van der Waals surface area (Å²) >= 11 is 0. The van der Waals surface area contributed by atoms with E-state index in [1.54, 1.807) is 18.0 Å². The molecule has 1 aromatic rings. The van der Waals surface area contributed by atoms with Crippen molar-refractivity contribution >= 4 is 11.8 Å². The molecule has 0 unspecified atom stereocenters. The third-order valence-electron chi connectivity index (χ3n) is 4.57. The molecule has 6 heteroatoms. The molecule has 23 heavy (non-hydrogen) atoms. The van der Waals surface area contributed by atoms with Gasteiger partial charge in [0, 0.05) is 32.2 Å². The number of hydrogen-bond donors (Lipinski definition) is 1. The highest BCUT2D eigenvalue weighted by Crippen LogP contribution is 2.18. The third kappa shape index (κ3) is 4.33. The first kappa shape index (κ1) is 17.5. The maximum atomic E-state index is 12.5. The number of nitrogens with one attached hydrogen (secondary N) is 1. The van der Waals surface area contributed by atoms with E-state index < -0.39 is 0 Å². The van der Waals surface area contributed by atoms with Crippen molar-refractivity contribution in [3.05, 3.63) is 17.5 Å². The van der Waals surface area contributed by atoms with Gasteiger partial charge in [0.1, 0.15) is 5.69 Å². The Morgan fingerprint density at radius 1 is 1.22 bits per heavy atom. The highest BCUT2D eigenvalue weighted by Gasteiger charge is 2.22. The van der Waals surface area contributed by atoms with Crippen LogP contribution >= 0.6 is 0 Å². The van der Waals surface area contributed by atoms with Gasteiger partial charge in [0.15, 0.2) is 5.69 Å². The Kier molecular flexibility index (Phi) is 6.19. The van der Waals surface area contributed by atoms with E-state index >= 15 is 0 Å². The Morgan fingerprint density at radius 2 is 1.83 bits per heavy atom. The smallest absolute Gasteiger partial charge is 0.274 e. The molecule has 2 amide bonds. The molecule has 0 saturated heterocycles. The number of hydrogen-bond acceptors (Lipinski definition) is 3. The third-order valence-corrected chi connectivity index (χ3v) is 4.57. The topological polar surface area (TPSA) is 67.2 Å². The van der Waals surface area contributed by atoms with Gasteiger partial charge in [-0.25, -0.2) is 0 Å². The molecule has 6 nitrogen and oxygen atoms in total. The summed E-state index contributed by atoms with van der Waals surface area (Å²) < 4.78 is 1.50. The molecule has 0 aromatic carbocycles. The number of aromatic nitrogens is 2. The zero-order valence-corrected chi connectivity index (χ0v) is 14.5.